The second-order valence-electron chi connectivity index (χ2n) is 36.5. The number of hydrogen-bond donors (Lipinski definition) is 12. The van der Waals surface area contributed by atoms with Crippen molar-refractivity contribution in [2.75, 3.05) is 180 Å². The van der Waals surface area contributed by atoms with Gasteiger partial charge >= 0.3 is 24.1 Å². The Morgan fingerprint density at radius 3 is 0.920 bits per heavy atom. The molecule has 0 spiro atoms. The lowest BCUT2D eigenvalue weighted by Gasteiger charge is -2.35. The van der Waals surface area contributed by atoms with Crippen molar-refractivity contribution in [2.24, 2.45) is 20.6 Å². The molecule has 4 aromatic carbocycles. The van der Waals surface area contributed by atoms with Crippen LogP contribution in [-0.2, 0) is 50.1 Å². The topological polar surface area (TPSA) is 539 Å². The SMILES string of the molecule is CCN1CCN(C(=NO)c2ccc(C#C[C@]3(CN4Cc5ccc(OC)cc5C4=O)NC(=O)NC3=O)cn2)CC1.COc1ccc2c(c1)C(=O)N(C[C@@]1(C#Cc3ccc(C(=NO)N4CCN(C)CC4)nc3)NC(=O)NC1=O)C2.COc1ccc2c(c1)C(=O)N(C[C@@]1(C#Cc3ccc(C(=NO)N4CCN(C)CC4)s3)NC(=O)NC1=O)C2.COc1ccc2c(c1)C(=O)N(C[C@@]1(C#Cc3ccc(C(=NO)N4CCOCC4)s3)NC(=O)NC1=O)C2. The first kappa shape index (κ1) is 104. The Balaban J connectivity index is 0.000000136. The van der Waals surface area contributed by atoms with E-state index in [1.165, 1.54) is 83.1 Å². The number of nitrogens with one attached hydrogen (secondary N) is 8. The number of amidine groups is 4. The fourth-order valence-corrected chi connectivity index (χ4v) is 20.3. The number of carbonyl (C=O) groups is 12. The molecule has 0 saturated carbocycles. The number of nitrogens with zero attached hydrogens (tertiary/aromatic N) is 17. The van der Waals surface area contributed by atoms with Crippen molar-refractivity contribution in [1.82, 2.24) is 106 Å². The van der Waals surface area contributed by atoms with Crippen LogP contribution in [0.15, 0.2) is 154 Å². The van der Waals surface area contributed by atoms with Crippen molar-refractivity contribution >= 4 is 117 Å². The standard InChI is InChI=1S/C27H29N7O5.C26H27N7O5.C25H26N6O5S.C24H23N5O6S/c1-3-32-10-12-33(13-11-32)23(31-38)22-7-4-18(15-28-22)8-9-27(25(36)29-26(37)30-27)17-34-16-19-5-6-20(39-2)14-21(19)24(34)35;1-31-9-11-32(12-10-31)22(30-37)21-6-3-17(14-27-21)7-8-26(24(35)28-25(36)29-26)16-33-15-18-4-5-19(38-2)13-20(18)23(33)34;1-29-9-11-30(12-10-29)21(28-35)20-6-5-18(37-20)7-8-25(23(33)26-24(34)27-25)15-31-14-16-3-4-17(36-2)13-19(16)22(31)32;1-34-16-3-2-15-13-29(21(30)18(15)12-16)14-24(22(31)25-23(32)26-24)7-6-17-4-5-19(36-17)20(27-33)28-8-10-35-11-9-28/h4-7,14-15,38H,3,10-13,16-17H2,1-2H3,(H2,29,30,36,37);3-6,13-14,37H,9-12,15-16H2,1-2H3,(H2,28,29,35,36);3-6,13,35H,9-12,14-15H2,1-2H3,(H2,26,27,33,34);2-5,12,33H,8-11,13-14H2,1H3,(H2,25,26,31,32)/t27-;26-;25-;24-/m1111/s1. The quantitative estimate of drug-likeness (QED) is 0.0155. The number of piperazine rings is 3. The molecular weight excluding hydrogens is 1980 g/mol. The molecule has 12 aliphatic heterocycles. The van der Waals surface area contributed by atoms with E-state index in [0.29, 0.717) is 145 Å². The molecule has 0 radical (unpaired) electrons. The van der Waals surface area contributed by atoms with Gasteiger partial charge in [0.15, 0.2) is 23.3 Å². The lowest BCUT2D eigenvalue weighted by atomic mass is 9.99. The van der Waals surface area contributed by atoms with Crippen LogP contribution in [0.1, 0.15) is 113 Å². The highest BCUT2D eigenvalue weighted by Crippen LogP contribution is 2.36. The van der Waals surface area contributed by atoms with Gasteiger partial charge in [0.1, 0.15) is 34.4 Å². The van der Waals surface area contributed by atoms with Crippen LogP contribution in [0.4, 0.5) is 19.2 Å². The highest BCUT2D eigenvalue weighted by atomic mass is 32.1. The van der Waals surface area contributed by atoms with E-state index >= 15 is 0 Å². The van der Waals surface area contributed by atoms with Gasteiger partial charge in [0.05, 0.1) is 87.3 Å². The second-order valence-corrected chi connectivity index (χ2v) is 38.6. The van der Waals surface area contributed by atoms with E-state index in [4.69, 9.17) is 23.7 Å². The molecule has 16 heterocycles. The molecule has 0 aliphatic carbocycles. The highest BCUT2D eigenvalue weighted by Gasteiger charge is 2.53. The summed E-state index contributed by atoms with van der Waals surface area (Å²) in [6, 6.07) is 32.1. The van der Waals surface area contributed by atoms with E-state index in [1.807, 2.05) is 45.8 Å². The average Bonchev–Trinajstić information content (AvgIpc) is 1.63. The fraction of sp³-hybridized carbons (Fsp3) is 0.353. The minimum atomic E-state index is -1.63. The summed E-state index contributed by atoms with van der Waals surface area (Å²) in [6.07, 6.45) is 3.02. The number of thiophene rings is 2. The van der Waals surface area contributed by atoms with E-state index < -0.39 is 69.9 Å². The van der Waals surface area contributed by atoms with Gasteiger partial charge in [-0.25, -0.2) is 19.2 Å². The molecule has 12 N–H and O–H groups in total. The molecule has 20 rings (SSSR count). The molecule has 0 bridgehead atoms. The van der Waals surface area contributed by atoms with Gasteiger partial charge in [-0.1, -0.05) is 99.2 Å². The predicted molar refractivity (Wildman–Crippen MR) is 541 cm³/mol. The summed E-state index contributed by atoms with van der Waals surface area (Å²) in [6.45, 7) is 15.5. The number of pyridine rings is 2. The molecule has 150 heavy (non-hydrogen) atoms. The number of benzene rings is 4. The summed E-state index contributed by atoms with van der Waals surface area (Å²) in [5, 5.41) is 71.7. The number of fused-ring (bicyclic) bond motifs is 4. The number of amides is 16. The first-order chi connectivity index (χ1) is 72.4. The number of morpholine rings is 1. The third-order valence-corrected chi connectivity index (χ3v) is 28.9. The van der Waals surface area contributed by atoms with Gasteiger partial charge in [-0.15, -0.1) is 22.7 Å². The van der Waals surface area contributed by atoms with Crippen molar-refractivity contribution in [3.8, 4) is 70.4 Å². The van der Waals surface area contributed by atoms with Gasteiger partial charge in [0, 0.05) is 164 Å². The van der Waals surface area contributed by atoms with Gasteiger partial charge in [-0.3, -0.25) is 69.6 Å². The largest absolute Gasteiger partial charge is 0.497 e. The van der Waals surface area contributed by atoms with Crippen LogP contribution in [0.5, 0.6) is 23.0 Å². The smallest absolute Gasteiger partial charge is 0.323 e. The fourth-order valence-electron chi connectivity index (χ4n) is 18.6. The third-order valence-electron chi connectivity index (χ3n) is 27.0. The Bertz CT molecular complexity index is 7100. The van der Waals surface area contributed by atoms with E-state index in [9.17, 15) is 78.4 Å². The molecule has 48 heteroatoms. The van der Waals surface area contributed by atoms with E-state index in [-0.39, 0.29) is 76.0 Å². The van der Waals surface area contributed by atoms with E-state index in [0.717, 1.165) is 99.1 Å². The Hall–Kier alpha value is -17.4. The number of carbonyl (C=O) groups excluding carboxylic acids is 12. The van der Waals surface area contributed by atoms with Crippen molar-refractivity contribution < 1.29 is 102 Å². The normalized spacial score (nSPS) is 21.6. The van der Waals surface area contributed by atoms with Crippen LogP contribution in [0.3, 0.4) is 0 Å². The van der Waals surface area contributed by atoms with Gasteiger partial charge in [0.2, 0.25) is 22.2 Å². The summed E-state index contributed by atoms with van der Waals surface area (Å²) >= 11 is 2.62. The summed E-state index contributed by atoms with van der Waals surface area (Å²) in [5.41, 5.74) is 0.633. The van der Waals surface area contributed by atoms with Gasteiger partial charge in [-0.2, -0.15) is 0 Å². The molecule has 4 atom stereocenters. The first-order valence-corrected chi connectivity index (χ1v) is 49.2. The number of oxime groups is 4. The molecule has 4 aromatic heterocycles. The third kappa shape index (κ3) is 22.4. The Labute approximate surface area is 867 Å². The minimum absolute atomic E-state index is 0.115. The molecule has 8 saturated heterocycles. The number of likely N-dealkylation sites (N-methyl/N-ethyl adjacent to an activating group) is 3. The van der Waals surface area contributed by atoms with Crippen LogP contribution < -0.4 is 61.5 Å². The first-order valence-electron chi connectivity index (χ1n) is 47.6. The van der Waals surface area contributed by atoms with Crippen molar-refractivity contribution in [2.45, 2.75) is 55.3 Å². The van der Waals surface area contributed by atoms with E-state index in [1.54, 1.807) is 109 Å². The minimum Gasteiger partial charge on any atom is -0.497 e. The average molecular weight is 2080 g/mol. The van der Waals surface area contributed by atoms with E-state index in [2.05, 4.69) is 142 Å². The molecular formula is C102H105N25O21S2. The number of methoxy groups -OCH3 is 4. The van der Waals surface area contributed by atoms with Crippen LogP contribution in [0.25, 0.3) is 0 Å². The zero-order chi connectivity index (χ0) is 106. The van der Waals surface area contributed by atoms with Crippen LogP contribution in [0.2, 0.25) is 0 Å². The zero-order valence-corrected chi connectivity index (χ0v) is 84.2. The summed E-state index contributed by atoms with van der Waals surface area (Å²) in [7, 11) is 10.2. The van der Waals surface area contributed by atoms with Crippen molar-refractivity contribution in [3.05, 3.63) is 220 Å². The zero-order valence-electron chi connectivity index (χ0n) is 82.5. The Morgan fingerprint density at radius 1 is 0.367 bits per heavy atom. The highest BCUT2D eigenvalue weighted by molar-refractivity contribution is 7.15. The predicted octanol–water partition coefficient (Wildman–Crippen LogP) is 2.04. The lowest BCUT2D eigenvalue weighted by molar-refractivity contribution is -0.123. The number of ether oxygens (including phenoxy) is 5. The lowest BCUT2D eigenvalue weighted by Crippen LogP contribution is -2.54. The maximum Gasteiger partial charge on any atom is 0.323 e. The number of imide groups is 4. The maximum atomic E-state index is 13.1. The Kier molecular flexibility index (Phi) is 31.1. The summed E-state index contributed by atoms with van der Waals surface area (Å²) in [5.74, 6) is 23.6. The molecule has 12 aliphatic rings. The second kappa shape index (κ2) is 44.9. The number of rotatable bonds is 17. The summed E-state index contributed by atoms with van der Waals surface area (Å²) < 4.78 is 26.2. The Morgan fingerprint density at radius 2 is 0.653 bits per heavy atom. The maximum absolute atomic E-state index is 13.1. The van der Waals surface area contributed by atoms with Crippen LogP contribution in [-0.4, -0.2) is 382 Å². The van der Waals surface area contributed by atoms with Gasteiger partial charge in [-0.05, 0) is 140 Å². The van der Waals surface area contributed by atoms with Crippen LogP contribution in [0, 0.1) is 47.4 Å². The molecule has 776 valence electrons. The summed E-state index contributed by atoms with van der Waals surface area (Å²) in [4.78, 5) is 184. The molecule has 8 aromatic rings. The van der Waals surface area contributed by atoms with Crippen molar-refractivity contribution in [3.63, 3.8) is 0 Å². The van der Waals surface area contributed by atoms with Crippen LogP contribution >= 0.6 is 22.7 Å². The molecule has 0 unspecified atom stereocenters. The molecule has 16 amide bonds. The van der Waals surface area contributed by atoms with Crippen molar-refractivity contribution in [1.29, 1.82) is 0 Å². The number of aromatic nitrogens is 2. The number of urea groups is 4. The monoisotopic (exact) mass is 2080 g/mol. The molecule has 8 fully saturated rings. The molecule has 46 nitrogen and oxygen atoms in total. The number of hydrogen-bond acceptors (Lipinski definition) is 32. The van der Waals surface area contributed by atoms with Gasteiger partial charge in [0.25, 0.3) is 47.3 Å². The van der Waals surface area contributed by atoms with Gasteiger partial charge < -0.3 is 120 Å².